The van der Waals surface area contributed by atoms with E-state index in [9.17, 15) is 5.11 Å². The van der Waals surface area contributed by atoms with Crippen molar-refractivity contribution in [2.45, 2.75) is 57.5 Å². The van der Waals surface area contributed by atoms with Crippen molar-refractivity contribution < 1.29 is 5.11 Å². The summed E-state index contributed by atoms with van der Waals surface area (Å²) >= 11 is 0. The van der Waals surface area contributed by atoms with Crippen LogP contribution in [0.4, 0.5) is 0 Å². The maximum Gasteiger partial charge on any atom is 0.0602 e. The molecule has 16 heavy (non-hydrogen) atoms. The van der Waals surface area contributed by atoms with Gasteiger partial charge < -0.3 is 5.11 Å². The monoisotopic (exact) mass is 220 g/mol. The van der Waals surface area contributed by atoms with Gasteiger partial charge in [-0.2, -0.15) is 0 Å². The van der Waals surface area contributed by atoms with Crippen LogP contribution in [-0.2, 0) is 0 Å². The minimum atomic E-state index is 0.0746. The molecule has 4 aliphatic carbocycles. The number of aliphatic hydroxyl groups excluding tert-OH is 1. The maximum atomic E-state index is 10.7. The molecule has 0 aromatic carbocycles. The Morgan fingerprint density at radius 1 is 0.688 bits per heavy atom. The third-order valence-corrected chi connectivity index (χ3v) is 6.46. The van der Waals surface area contributed by atoms with E-state index in [0.717, 1.165) is 23.7 Å². The van der Waals surface area contributed by atoms with Gasteiger partial charge in [-0.15, -0.1) is 0 Å². The zero-order chi connectivity index (χ0) is 10.7. The molecule has 4 rings (SSSR count). The summed E-state index contributed by atoms with van der Waals surface area (Å²) < 4.78 is 0. The molecule has 0 spiro atoms. The number of hydrogen-bond donors (Lipinski definition) is 1. The summed E-state index contributed by atoms with van der Waals surface area (Å²) in [6, 6.07) is 0. The zero-order valence-corrected chi connectivity index (χ0v) is 10.1. The van der Waals surface area contributed by atoms with Gasteiger partial charge in [-0.25, -0.2) is 0 Å². The van der Waals surface area contributed by atoms with E-state index in [-0.39, 0.29) is 6.10 Å². The van der Waals surface area contributed by atoms with E-state index in [1.54, 1.807) is 0 Å². The summed E-state index contributed by atoms with van der Waals surface area (Å²) in [4.78, 5) is 0. The van der Waals surface area contributed by atoms with Crippen LogP contribution < -0.4 is 0 Å². The second kappa shape index (κ2) is 3.48. The standard InChI is InChI=1S/C15H24O/c16-15(13-7-9-1-3-11(13)5-9)14-8-10-2-4-12(14)6-10/h9-16H,1-8H2. The molecule has 4 saturated carbocycles. The molecule has 4 fully saturated rings. The van der Waals surface area contributed by atoms with Crippen molar-refractivity contribution in [3.8, 4) is 0 Å². The van der Waals surface area contributed by atoms with Gasteiger partial charge in [0, 0.05) is 0 Å². The normalized spacial score (nSPS) is 56.1. The lowest BCUT2D eigenvalue weighted by atomic mass is 9.74. The first-order valence-electron chi connectivity index (χ1n) is 7.49. The van der Waals surface area contributed by atoms with E-state index < -0.39 is 0 Å². The van der Waals surface area contributed by atoms with Crippen molar-refractivity contribution in [1.29, 1.82) is 0 Å². The summed E-state index contributed by atoms with van der Waals surface area (Å²) in [5.41, 5.74) is 0. The van der Waals surface area contributed by atoms with Crippen molar-refractivity contribution in [2.24, 2.45) is 35.5 Å². The van der Waals surface area contributed by atoms with Crippen molar-refractivity contribution in [2.75, 3.05) is 0 Å². The zero-order valence-electron chi connectivity index (χ0n) is 10.1. The highest BCUT2D eigenvalue weighted by Crippen LogP contribution is 2.55. The van der Waals surface area contributed by atoms with Gasteiger partial charge in [-0.05, 0) is 74.0 Å². The smallest absolute Gasteiger partial charge is 0.0602 e. The Labute approximate surface area is 98.6 Å². The molecule has 6 atom stereocenters. The second-order valence-electron chi connectivity index (χ2n) is 7.17. The summed E-state index contributed by atoms with van der Waals surface area (Å²) in [6.45, 7) is 0. The SMILES string of the molecule is OC(C1CC2CCC1C2)C1CC2CCC1C2. The lowest BCUT2D eigenvalue weighted by Crippen LogP contribution is -2.35. The van der Waals surface area contributed by atoms with E-state index in [2.05, 4.69) is 0 Å². The summed E-state index contributed by atoms with van der Waals surface area (Å²) in [5.74, 6) is 5.18. The Hall–Kier alpha value is -0.0400. The lowest BCUT2D eigenvalue weighted by molar-refractivity contribution is 0.00392. The Kier molecular flexibility index (Phi) is 2.16. The number of aliphatic hydroxyl groups is 1. The molecule has 0 aromatic heterocycles. The van der Waals surface area contributed by atoms with Gasteiger partial charge in [0.15, 0.2) is 0 Å². The largest absolute Gasteiger partial charge is 0.393 e. The second-order valence-corrected chi connectivity index (χ2v) is 7.17. The average molecular weight is 220 g/mol. The highest BCUT2D eigenvalue weighted by Gasteiger charge is 2.49. The van der Waals surface area contributed by atoms with Gasteiger partial charge in [0.1, 0.15) is 0 Å². The molecule has 1 N–H and O–H groups in total. The van der Waals surface area contributed by atoms with Crippen LogP contribution in [0.1, 0.15) is 51.4 Å². The Bertz CT molecular complexity index is 259. The van der Waals surface area contributed by atoms with Crippen LogP contribution in [0.2, 0.25) is 0 Å². The van der Waals surface area contributed by atoms with Crippen LogP contribution in [0.5, 0.6) is 0 Å². The molecular formula is C15H24O. The lowest BCUT2D eigenvalue weighted by Gasteiger charge is -2.34. The van der Waals surface area contributed by atoms with Crippen molar-refractivity contribution >= 4 is 0 Å². The third-order valence-electron chi connectivity index (χ3n) is 6.46. The first kappa shape index (κ1) is 9.94. The summed E-state index contributed by atoms with van der Waals surface area (Å²) in [6.07, 6.45) is 11.5. The third kappa shape index (κ3) is 1.33. The van der Waals surface area contributed by atoms with Crippen molar-refractivity contribution in [3.63, 3.8) is 0 Å². The molecule has 90 valence electrons. The van der Waals surface area contributed by atoms with E-state index >= 15 is 0 Å². The van der Waals surface area contributed by atoms with Gasteiger partial charge in [-0.3, -0.25) is 0 Å². The summed E-state index contributed by atoms with van der Waals surface area (Å²) in [5, 5.41) is 10.7. The van der Waals surface area contributed by atoms with Crippen LogP contribution in [0.25, 0.3) is 0 Å². The van der Waals surface area contributed by atoms with Crippen molar-refractivity contribution in [1.82, 2.24) is 0 Å². The van der Waals surface area contributed by atoms with E-state index in [0.29, 0.717) is 11.8 Å². The fourth-order valence-electron chi connectivity index (χ4n) is 5.74. The quantitative estimate of drug-likeness (QED) is 0.757. The van der Waals surface area contributed by atoms with Gasteiger partial charge >= 0.3 is 0 Å². The molecule has 1 nitrogen and oxygen atoms in total. The molecule has 0 aliphatic heterocycles. The van der Waals surface area contributed by atoms with Gasteiger partial charge in [0.2, 0.25) is 0 Å². The number of hydrogen-bond acceptors (Lipinski definition) is 1. The van der Waals surface area contributed by atoms with E-state index in [1.165, 1.54) is 51.4 Å². The predicted molar refractivity (Wildman–Crippen MR) is 63.9 cm³/mol. The highest BCUT2D eigenvalue weighted by atomic mass is 16.3. The number of rotatable bonds is 2. The van der Waals surface area contributed by atoms with E-state index in [4.69, 9.17) is 0 Å². The minimum Gasteiger partial charge on any atom is -0.393 e. The fraction of sp³-hybridized carbons (Fsp3) is 1.00. The maximum absolute atomic E-state index is 10.7. The molecule has 0 aromatic rings. The Morgan fingerprint density at radius 3 is 1.50 bits per heavy atom. The molecule has 1 heteroatoms. The Balaban J connectivity index is 1.48. The molecule has 0 radical (unpaired) electrons. The summed E-state index contributed by atoms with van der Waals surface area (Å²) in [7, 11) is 0. The highest BCUT2D eigenvalue weighted by molar-refractivity contribution is 4.99. The fourth-order valence-corrected chi connectivity index (χ4v) is 5.74. The molecular weight excluding hydrogens is 196 g/mol. The predicted octanol–water partition coefficient (Wildman–Crippen LogP) is 3.22. The topological polar surface area (TPSA) is 20.2 Å². The number of fused-ring (bicyclic) bond motifs is 4. The minimum absolute atomic E-state index is 0.0746. The molecule has 0 saturated heterocycles. The molecule has 0 heterocycles. The van der Waals surface area contributed by atoms with Crippen LogP contribution in [0, 0.1) is 35.5 Å². The van der Waals surface area contributed by atoms with Crippen LogP contribution in [0.3, 0.4) is 0 Å². The average Bonchev–Trinajstić information content (AvgIpc) is 3.06. The van der Waals surface area contributed by atoms with E-state index in [1.807, 2.05) is 0 Å². The molecule has 0 amide bonds. The Morgan fingerprint density at radius 2 is 1.19 bits per heavy atom. The van der Waals surface area contributed by atoms with Gasteiger partial charge in [0.05, 0.1) is 6.10 Å². The van der Waals surface area contributed by atoms with Crippen LogP contribution in [-0.4, -0.2) is 11.2 Å². The molecule has 4 aliphatic rings. The van der Waals surface area contributed by atoms with Crippen molar-refractivity contribution in [3.05, 3.63) is 0 Å². The first-order chi connectivity index (χ1) is 7.81. The molecule has 6 unspecified atom stereocenters. The van der Waals surface area contributed by atoms with Gasteiger partial charge in [0.25, 0.3) is 0 Å². The van der Waals surface area contributed by atoms with Crippen LogP contribution in [0.15, 0.2) is 0 Å². The van der Waals surface area contributed by atoms with Gasteiger partial charge in [-0.1, -0.05) is 12.8 Å². The first-order valence-corrected chi connectivity index (χ1v) is 7.49. The van der Waals surface area contributed by atoms with Crippen LogP contribution >= 0.6 is 0 Å². The molecule has 4 bridgehead atoms.